The lowest BCUT2D eigenvalue weighted by Crippen LogP contribution is -2.26. The summed E-state index contributed by atoms with van der Waals surface area (Å²) in [7, 11) is 1.76. The van der Waals surface area contributed by atoms with Crippen molar-refractivity contribution < 1.29 is 14.0 Å². The first-order chi connectivity index (χ1) is 14.2. The molecule has 2 aromatic rings. The van der Waals surface area contributed by atoms with Gasteiger partial charge in [-0.15, -0.1) is 11.3 Å². The Balaban J connectivity index is 2.40. The van der Waals surface area contributed by atoms with Crippen LogP contribution < -0.4 is 5.73 Å². The van der Waals surface area contributed by atoms with E-state index in [1.54, 1.807) is 31.0 Å². The fourth-order valence-electron chi connectivity index (χ4n) is 3.14. The average Bonchev–Trinajstić information content (AvgIpc) is 3.21. The molecule has 0 radical (unpaired) electrons. The van der Waals surface area contributed by atoms with E-state index in [0.29, 0.717) is 17.7 Å². The van der Waals surface area contributed by atoms with E-state index in [1.807, 2.05) is 31.2 Å². The van der Waals surface area contributed by atoms with Crippen LogP contribution in [0.5, 0.6) is 0 Å². The van der Waals surface area contributed by atoms with Gasteiger partial charge in [0.2, 0.25) is 5.91 Å². The highest BCUT2D eigenvalue weighted by Gasteiger charge is 2.28. The Kier molecular flexibility index (Phi) is 7.89. The van der Waals surface area contributed by atoms with Crippen molar-refractivity contribution in [3.05, 3.63) is 83.5 Å². The zero-order valence-corrected chi connectivity index (χ0v) is 18.3. The van der Waals surface area contributed by atoms with E-state index >= 15 is 0 Å². The average molecular weight is 427 g/mol. The van der Waals surface area contributed by atoms with Crippen molar-refractivity contribution in [2.75, 3.05) is 13.6 Å². The van der Waals surface area contributed by atoms with Crippen molar-refractivity contribution in [3.63, 3.8) is 0 Å². The summed E-state index contributed by atoms with van der Waals surface area (Å²) in [6, 6.07) is 11.2. The molecule has 1 aromatic carbocycles. The molecule has 0 aliphatic carbocycles. The number of thiophene rings is 1. The summed E-state index contributed by atoms with van der Waals surface area (Å²) in [5, 5.41) is 0. The molecular weight excluding hydrogens is 399 g/mol. The van der Waals surface area contributed by atoms with Gasteiger partial charge in [-0.3, -0.25) is 9.59 Å². The van der Waals surface area contributed by atoms with Crippen molar-refractivity contribution in [3.8, 4) is 10.4 Å². The first-order valence-corrected chi connectivity index (χ1v) is 10.4. The Morgan fingerprint density at radius 1 is 1.23 bits per heavy atom. The molecule has 0 aliphatic heterocycles. The number of benzene rings is 1. The highest BCUT2D eigenvalue weighted by molar-refractivity contribution is 7.15. The van der Waals surface area contributed by atoms with E-state index in [4.69, 9.17) is 5.73 Å². The second-order valence-electron chi connectivity index (χ2n) is 7.06. The van der Waals surface area contributed by atoms with Gasteiger partial charge >= 0.3 is 0 Å². The van der Waals surface area contributed by atoms with Crippen molar-refractivity contribution in [1.29, 1.82) is 0 Å². The molecule has 0 saturated carbocycles. The molecule has 0 spiro atoms. The Hall–Kier alpha value is -2.99. The molecule has 0 aliphatic rings. The summed E-state index contributed by atoms with van der Waals surface area (Å²) in [6.45, 7) is 11.3. The number of hydrogen-bond acceptors (Lipinski definition) is 3. The zero-order valence-electron chi connectivity index (χ0n) is 17.5. The maximum Gasteiger partial charge on any atom is 0.253 e. The smallest absolute Gasteiger partial charge is 0.253 e. The summed E-state index contributed by atoms with van der Waals surface area (Å²) in [6.07, 6.45) is 2.81. The molecule has 158 valence electrons. The molecule has 0 saturated heterocycles. The quantitative estimate of drug-likeness (QED) is 0.553. The van der Waals surface area contributed by atoms with Gasteiger partial charge in [0, 0.05) is 40.7 Å². The number of carbonyl (C=O) groups excluding carboxylic acids is 2. The lowest BCUT2D eigenvalue weighted by molar-refractivity contribution is -0.121. The van der Waals surface area contributed by atoms with Crippen LogP contribution in [0.3, 0.4) is 0 Å². The summed E-state index contributed by atoms with van der Waals surface area (Å²) in [5.41, 5.74) is 7.67. The highest BCUT2D eigenvalue weighted by atomic mass is 32.1. The third kappa shape index (κ3) is 5.33. The predicted molar refractivity (Wildman–Crippen MR) is 122 cm³/mol. The van der Waals surface area contributed by atoms with E-state index < -0.39 is 23.6 Å². The van der Waals surface area contributed by atoms with Gasteiger partial charge in [-0.1, -0.05) is 38.3 Å². The minimum absolute atomic E-state index is 0.0292. The number of rotatable bonds is 9. The van der Waals surface area contributed by atoms with Gasteiger partial charge in [-0.2, -0.15) is 0 Å². The molecule has 0 fully saturated rings. The van der Waals surface area contributed by atoms with E-state index in [-0.39, 0.29) is 5.91 Å². The minimum Gasteiger partial charge on any atom is -0.369 e. The van der Waals surface area contributed by atoms with Gasteiger partial charge in [-0.05, 0) is 48.4 Å². The van der Waals surface area contributed by atoms with Crippen LogP contribution in [-0.2, 0) is 4.79 Å². The van der Waals surface area contributed by atoms with Gasteiger partial charge in [-0.25, -0.2) is 4.39 Å². The SMILES string of the molecule is C=C/C(=C\C(=C)F)[C@H](c1ccc(-c2ccc(C(=O)N(C)CC)cc2)s1)[C@@H](C)C(N)=O. The molecule has 0 unspecified atom stereocenters. The molecule has 0 bridgehead atoms. The number of carbonyl (C=O) groups is 2. The number of allylic oxidation sites excluding steroid dienone is 4. The minimum atomic E-state index is -0.611. The van der Waals surface area contributed by atoms with Gasteiger partial charge in [0.05, 0.1) is 0 Å². The topological polar surface area (TPSA) is 63.4 Å². The van der Waals surface area contributed by atoms with Crippen LogP contribution >= 0.6 is 11.3 Å². The lowest BCUT2D eigenvalue weighted by Gasteiger charge is -2.22. The number of hydrogen-bond donors (Lipinski definition) is 1. The lowest BCUT2D eigenvalue weighted by atomic mass is 9.84. The second kappa shape index (κ2) is 10.2. The molecule has 2 amide bonds. The Morgan fingerprint density at radius 2 is 1.87 bits per heavy atom. The van der Waals surface area contributed by atoms with Crippen LogP contribution in [0.4, 0.5) is 4.39 Å². The van der Waals surface area contributed by atoms with E-state index in [1.165, 1.54) is 23.5 Å². The number of primary amides is 1. The Bertz CT molecular complexity index is 975. The Labute approximate surface area is 181 Å². The van der Waals surface area contributed by atoms with Crippen LogP contribution in [0.15, 0.2) is 73.1 Å². The number of amides is 2. The van der Waals surface area contributed by atoms with Gasteiger partial charge < -0.3 is 10.6 Å². The molecule has 30 heavy (non-hydrogen) atoms. The number of nitrogens with two attached hydrogens (primary N) is 1. The summed E-state index contributed by atoms with van der Waals surface area (Å²) in [4.78, 5) is 27.7. The van der Waals surface area contributed by atoms with E-state index in [0.717, 1.165) is 15.3 Å². The van der Waals surface area contributed by atoms with E-state index in [2.05, 4.69) is 13.2 Å². The molecule has 1 aromatic heterocycles. The van der Waals surface area contributed by atoms with Crippen LogP contribution in [0, 0.1) is 5.92 Å². The molecule has 6 heteroatoms. The maximum absolute atomic E-state index is 13.5. The fraction of sp³-hybridized carbons (Fsp3) is 0.250. The first-order valence-electron chi connectivity index (χ1n) is 9.62. The van der Waals surface area contributed by atoms with E-state index in [9.17, 15) is 14.0 Å². The van der Waals surface area contributed by atoms with Crippen LogP contribution in [-0.4, -0.2) is 30.3 Å². The number of halogens is 1. The van der Waals surface area contributed by atoms with Crippen molar-refractivity contribution in [1.82, 2.24) is 4.90 Å². The molecule has 4 nitrogen and oxygen atoms in total. The molecule has 2 rings (SSSR count). The van der Waals surface area contributed by atoms with Gasteiger partial charge in [0.15, 0.2) is 0 Å². The highest BCUT2D eigenvalue weighted by Crippen LogP contribution is 2.40. The predicted octanol–water partition coefficient (Wildman–Crippen LogP) is 5.31. The van der Waals surface area contributed by atoms with Crippen LogP contribution in [0.1, 0.15) is 35.0 Å². The molecular formula is C24H27FN2O2S. The molecule has 2 atom stereocenters. The zero-order chi connectivity index (χ0) is 22.4. The summed E-state index contributed by atoms with van der Waals surface area (Å²) < 4.78 is 13.5. The summed E-state index contributed by atoms with van der Waals surface area (Å²) >= 11 is 1.49. The van der Waals surface area contributed by atoms with Crippen LogP contribution in [0.25, 0.3) is 10.4 Å². The molecule has 1 heterocycles. The number of nitrogens with zero attached hydrogens (tertiary/aromatic N) is 1. The third-order valence-electron chi connectivity index (χ3n) is 5.04. The molecule has 2 N–H and O–H groups in total. The fourth-order valence-corrected chi connectivity index (χ4v) is 4.38. The van der Waals surface area contributed by atoms with Crippen molar-refractivity contribution in [2.45, 2.75) is 19.8 Å². The van der Waals surface area contributed by atoms with Gasteiger partial charge in [0.1, 0.15) is 5.83 Å². The Morgan fingerprint density at radius 3 is 2.37 bits per heavy atom. The first kappa shape index (κ1) is 23.3. The summed E-state index contributed by atoms with van der Waals surface area (Å²) in [5.74, 6) is -2.09. The van der Waals surface area contributed by atoms with Gasteiger partial charge in [0.25, 0.3) is 5.91 Å². The van der Waals surface area contributed by atoms with Crippen molar-refractivity contribution >= 4 is 23.2 Å². The largest absolute Gasteiger partial charge is 0.369 e. The maximum atomic E-state index is 13.5. The standard InChI is InChI=1S/C24H27FN2O2S/c1-6-17(14-15(3)25)22(16(4)23(26)28)21-13-12-20(30-21)18-8-10-19(11-9-18)24(29)27(5)7-2/h6,8-14,16,22H,1,3,7H2,2,4-5H3,(H2,26,28)/b17-14+/t16-,22-/m1/s1. The second-order valence-corrected chi connectivity index (χ2v) is 8.18. The third-order valence-corrected chi connectivity index (χ3v) is 6.26. The van der Waals surface area contributed by atoms with Crippen molar-refractivity contribution in [2.24, 2.45) is 11.7 Å². The van der Waals surface area contributed by atoms with Crippen LogP contribution in [0.2, 0.25) is 0 Å². The normalized spacial score (nSPS) is 13.4. The monoisotopic (exact) mass is 426 g/mol.